The van der Waals surface area contributed by atoms with E-state index in [0.717, 1.165) is 25.9 Å². The highest BCUT2D eigenvalue weighted by Gasteiger charge is 2.29. The predicted octanol–water partition coefficient (Wildman–Crippen LogP) is 2.91. The average molecular weight is 460 g/mol. The smallest absolute Gasteiger partial charge is 0.145 e. The molecule has 2 aliphatic heterocycles. The fourth-order valence-electron chi connectivity index (χ4n) is 4.08. The largest absolute Gasteiger partial charge is 0.376 e. The van der Waals surface area contributed by atoms with Crippen molar-refractivity contribution in [2.24, 2.45) is 5.92 Å². The number of nitrogens with one attached hydrogen (secondary N) is 2. The second-order valence-corrected chi connectivity index (χ2v) is 9.43. The van der Waals surface area contributed by atoms with E-state index in [2.05, 4.69) is 25.6 Å². The summed E-state index contributed by atoms with van der Waals surface area (Å²) in [7, 11) is 0. The molecule has 0 aliphatic carbocycles. The van der Waals surface area contributed by atoms with Crippen molar-refractivity contribution >= 4 is 23.2 Å². The number of halogens is 1. The topological polar surface area (TPSA) is 98.3 Å². The maximum absolute atomic E-state index is 12.7. The standard InChI is InChI=1S/C23H30ClN5O3/c1-23(2)14-31-13-17(32-23)9-28-22-12-26-11-20(29-22)18-6-16(27-10-19(18)24)7-21(30)15-4-3-5-25-8-15/h6,10-12,15,17,25H,3-5,7-9,13-14H2,1-2H3,(H,28,29)/t15-,17-/m1/s1. The first-order valence-corrected chi connectivity index (χ1v) is 11.5. The molecule has 0 radical (unpaired) electrons. The lowest BCUT2D eigenvalue weighted by Gasteiger charge is -2.35. The van der Waals surface area contributed by atoms with Gasteiger partial charge in [0.2, 0.25) is 0 Å². The first-order valence-electron chi connectivity index (χ1n) is 11.1. The van der Waals surface area contributed by atoms with Crippen LogP contribution in [-0.4, -0.2) is 65.3 Å². The lowest BCUT2D eigenvalue weighted by atomic mass is 9.92. The first kappa shape index (κ1) is 23.0. The molecule has 0 amide bonds. The van der Waals surface area contributed by atoms with Crippen molar-refractivity contribution in [3.63, 3.8) is 0 Å². The number of carbonyl (C=O) groups excluding carboxylic acids is 1. The highest BCUT2D eigenvalue weighted by atomic mass is 35.5. The van der Waals surface area contributed by atoms with Crippen LogP contribution in [0.1, 0.15) is 32.4 Å². The molecule has 2 aromatic heterocycles. The van der Waals surface area contributed by atoms with E-state index < -0.39 is 0 Å². The van der Waals surface area contributed by atoms with Crippen LogP contribution in [0.2, 0.25) is 5.02 Å². The van der Waals surface area contributed by atoms with Crippen LogP contribution in [0.25, 0.3) is 11.3 Å². The lowest BCUT2D eigenvalue weighted by Crippen LogP contribution is -2.45. The molecule has 2 aliphatic rings. The lowest BCUT2D eigenvalue weighted by molar-refractivity contribution is -0.177. The third-order valence-corrected chi connectivity index (χ3v) is 5.98. The summed E-state index contributed by atoms with van der Waals surface area (Å²) in [6, 6.07) is 1.84. The molecule has 32 heavy (non-hydrogen) atoms. The monoisotopic (exact) mass is 459 g/mol. The molecule has 172 valence electrons. The summed E-state index contributed by atoms with van der Waals surface area (Å²) in [5, 5.41) is 7.03. The quantitative estimate of drug-likeness (QED) is 0.652. The number of ether oxygens (including phenoxy) is 2. The zero-order valence-corrected chi connectivity index (χ0v) is 19.3. The Morgan fingerprint density at radius 3 is 3.00 bits per heavy atom. The van der Waals surface area contributed by atoms with Gasteiger partial charge in [0.1, 0.15) is 11.6 Å². The highest BCUT2D eigenvalue weighted by molar-refractivity contribution is 6.33. The number of Topliss-reactive ketones (excluding diaryl/α,β-unsaturated/α-hetero) is 1. The molecule has 0 saturated carbocycles. The molecular weight excluding hydrogens is 430 g/mol. The summed E-state index contributed by atoms with van der Waals surface area (Å²) in [6.45, 7) is 7.42. The predicted molar refractivity (Wildman–Crippen MR) is 123 cm³/mol. The SMILES string of the molecule is CC1(C)COC[C@@H](CNc2cncc(-c3cc(CC(=O)[C@@H]4CCCNC4)ncc3Cl)n2)O1. The van der Waals surface area contributed by atoms with Gasteiger partial charge in [-0.05, 0) is 39.3 Å². The van der Waals surface area contributed by atoms with E-state index in [1.165, 1.54) is 0 Å². The van der Waals surface area contributed by atoms with Crippen LogP contribution in [0.5, 0.6) is 0 Å². The van der Waals surface area contributed by atoms with Gasteiger partial charge in [0.15, 0.2) is 0 Å². The van der Waals surface area contributed by atoms with Gasteiger partial charge in [-0.25, -0.2) is 4.98 Å². The molecule has 4 heterocycles. The van der Waals surface area contributed by atoms with E-state index in [4.69, 9.17) is 21.1 Å². The van der Waals surface area contributed by atoms with Crippen LogP contribution in [0, 0.1) is 5.92 Å². The summed E-state index contributed by atoms with van der Waals surface area (Å²) in [5.41, 5.74) is 1.72. The minimum atomic E-state index is -0.301. The van der Waals surface area contributed by atoms with Crippen LogP contribution in [-0.2, 0) is 20.7 Å². The van der Waals surface area contributed by atoms with E-state index in [1.807, 2.05) is 19.9 Å². The first-order chi connectivity index (χ1) is 15.4. The maximum Gasteiger partial charge on any atom is 0.145 e. The van der Waals surface area contributed by atoms with Crippen molar-refractivity contribution in [1.82, 2.24) is 20.3 Å². The third-order valence-electron chi connectivity index (χ3n) is 5.68. The molecular formula is C23H30ClN5O3. The van der Waals surface area contributed by atoms with Gasteiger partial charge in [-0.3, -0.25) is 14.8 Å². The zero-order chi connectivity index (χ0) is 22.6. The van der Waals surface area contributed by atoms with Gasteiger partial charge in [-0.1, -0.05) is 11.6 Å². The number of aromatic nitrogens is 3. The number of pyridine rings is 1. The summed E-state index contributed by atoms with van der Waals surface area (Å²) < 4.78 is 11.7. The highest BCUT2D eigenvalue weighted by Crippen LogP contribution is 2.27. The van der Waals surface area contributed by atoms with Crippen LogP contribution >= 0.6 is 11.6 Å². The second kappa shape index (κ2) is 10.2. The Balaban J connectivity index is 1.43. The Bertz CT molecular complexity index is 949. The zero-order valence-electron chi connectivity index (χ0n) is 18.6. The van der Waals surface area contributed by atoms with Gasteiger partial charge in [0.05, 0.1) is 48.0 Å². The van der Waals surface area contributed by atoms with E-state index in [0.29, 0.717) is 47.6 Å². The summed E-state index contributed by atoms with van der Waals surface area (Å²) in [6.07, 6.45) is 7.08. The van der Waals surface area contributed by atoms with Crippen molar-refractivity contribution < 1.29 is 14.3 Å². The molecule has 2 aromatic rings. The van der Waals surface area contributed by atoms with Crippen LogP contribution in [0.15, 0.2) is 24.7 Å². The molecule has 4 rings (SSSR count). The van der Waals surface area contributed by atoms with E-state index in [9.17, 15) is 4.79 Å². The van der Waals surface area contributed by atoms with Crippen molar-refractivity contribution in [1.29, 1.82) is 0 Å². The molecule has 8 nitrogen and oxygen atoms in total. The van der Waals surface area contributed by atoms with Gasteiger partial charge < -0.3 is 20.1 Å². The molecule has 2 saturated heterocycles. The Hall–Kier alpha value is -2.13. The van der Waals surface area contributed by atoms with Crippen LogP contribution in [0.3, 0.4) is 0 Å². The van der Waals surface area contributed by atoms with Crippen LogP contribution in [0.4, 0.5) is 5.82 Å². The van der Waals surface area contributed by atoms with Gasteiger partial charge in [-0.2, -0.15) is 0 Å². The number of hydrogen-bond donors (Lipinski definition) is 2. The number of rotatable bonds is 7. The summed E-state index contributed by atoms with van der Waals surface area (Å²) in [4.78, 5) is 26.0. The Morgan fingerprint density at radius 1 is 1.34 bits per heavy atom. The van der Waals surface area contributed by atoms with Crippen LogP contribution < -0.4 is 10.6 Å². The van der Waals surface area contributed by atoms with Crippen molar-refractivity contribution in [2.45, 2.75) is 44.8 Å². The van der Waals surface area contributed by atoms with Gasteiger partial charge in [-0.15, -0.1) is 0 Å². The maximum atomic E-state index is 12.7. The molecule has 0 bridgehead atoms. The van der Waals surface area contributed by atoms with E-state index in [-0.39, 0.29) is 29.8 Å². The third kappa shape index (κ3) is 6.01. The Morgan fingerprint density at radius 2 is 2.22 bits per heavy atom. The molecule has 2 fully saturated rings. The van der Waals surface area contributed by atoms with Gasteiger partial charge >= 0.3 is 0 Å². The Kier molecular flexibility index (Phi) is 7.35. The average Bonchev–Trinajstić information content (AvgIpc) is 2.79. The fraction of sp³-hybridized carbons (Fsp3) is 0.565. The van der Waals surface area contributed by atoms with E-state index >= 15 is 0 Å². The Labute approximate surface area is 193 Å². The molecule has 2 atom stereocenters. The van der Waals surface area contributed by atoms with Crippen molar-refractivity contribution in [3.05, 3.63) is 35.4 Å². The number of anilines is 1. The van der Waals surface area contributed by atoms with Gasteiger partial charge in [0, 0.05) is 42.9 Å². The molecule has 9 heteroatoms. The molecule has 0 spiro atoms. The summed E-state index contributed by atoms with van der Waals surface area (Å²) in [5.74, 6) is 0.873. The molecule has 2 N–H and O–H groups in total. The normalized spacial score (nSPS) is 23.0. The molecule has 0 aromatic carbocycles. The number of nitrogens with zero attached hydrogens (tertiary/aromatic N) is 3. The number of ketones is 1. The van der Waals surface area contributed by atoms with Crippen molar-refractivity contribution in [2.75, 3.05) is 38.2 Å². The minimum absolute atomic E-state index is 0.0490. The number of carbonyl (C=O) groups is 1. The van der Waals surface area contributed by atoms with E-state index in [1.54, 1.807) is 18.6 Å². The number of piperidine rings is 1. The summed E-state index contributed by atoms with van der Waals surface area (Å²) >= 11 is 6.42. The molecule has 0 unspecified atom stereocenters. The second-order valence-electron chi connectivity index (χ2n) is 9.03. The minimum Gasteiger partial charge on any atom is -0.376 e. The fourth-order valence-corrected chi connectivity index (χ4v) is 4.28. The van der Waals surface area contributed by atoms with Gasteiger partial charge in [0.25, 0.3) is 0 Å². The van der Waals surface area contributed by atoms with Crippen molar-refractivity contribution in [3.8, 4) is 11.3 Å². The number of hydrogen-bond acceptors (Lipinski definition) is 8.